The third kappa shape index (κ3) is 11.1. The maximum absolute atomic E-state index is 13.2. The van der Waals surface area contributed by atoms with Crippen LogP contribution in [0.1, 0.15) is 73.5 Å². The predicted molar refractivity (Wildman–Crippen MR) is 172 cm³/mol. The number of hydrogen-bond donors (Lipinski definition) is 1. The summed E-state index contributed by atoms with van der Waals surface area (Å²) in [6.45, 7) is 10.0. The van der Waals surface area contributed by atoms with Crippen molar-refractivity contribution in [1.82, 2.24) is 19.7 Å². The Balaban J connectivity index is 1.39. The van der Waals surface area contributed by atoms with Gasteiger partial charge in [0.2, 0.25) is 5.89 Å². The first-order chi connectivity index (χ1) is 22.5. The largest absolute Gasteiger partial charge is 0.444 e. The van der Waals surface area contributed by atoms with E-state index in [1.165, 1.54) is 15.8 Å². The highest BCUT2D eigenvalue weighted by Crippen LogP contribution is 2.32. The normalized spacial score (nSPS) is 12.4. The van der Waals surface area contributed by atoms with Crippen molar-refractivity contribution in [2.45, 2.75) is 65.5 Å². The Morgan fingerprint density at radius 3 is 2.62 bits per heavy atom. The molecule has 0 atom stereocenters. The van der Waals surface area contributed by atoms with E-state index < -0.39 is 23.4 Å². The number of hydrogen-bond acceptors (Lipinski definition) is 10. The zero-order chi connectivity index (χ0) is 33.8. The van der Waals surface area contributed by atoms with Crippen LogP contribution in [0, 0.1) is 29.6 Å². The molecule has 1 aliphatic carbocycles. The number of Topliss-reactive ketones (excluding diaryl/α,β-unsaturated/α-hetero) is 1. The molecule has 0 spiro atoms. The average Bonchev–Trinajstić information content (AvgIpc) is 3.54. The molecular weight excluding hydrogens is 604 g/mol. The number of anilines is 1. The van der Waals surface area contributed by atoms with Crippen molar-refractivity contribution >= 4 is 23.6 Å². The van der Waals surface area contributed by atoms with Gasteiger partial charge in [-0.2, -0.15) is 5.10 Å². The molecular formula is C34H40N6O7. The SMILES string of the molecule is CCCOCCOCC#CC#CCn1cc(CC(=O)c2coc(-c3ccnc(N(CC4CC4)C(=O)OC(C)(C)C)c3)n2)c(C(N)=O)n1. The van der Waals surface area contributed by atoms with E-state index in [0.29, 0.717) is 49.2 Å². The fourth-order valence-electron chi connectivity index (χ4n) is 4.25. The molecule has 0 radical (unpaired) electrons. The Kier molecular flexibility index (Phi) is 12.3. The van der Waals surface area contributed by atoms with Gasteiger partial charge in [0.1, 0.15) is 36.5 Å². The van der Waals surface area contributed by atoms with Crippen LogP contribution in [0.3, 0.4) is 0 Å². The molecule has 47 heavy (non-hydrogen) atoms. The Bertz CT molecular complexity index is 1680. The highest BCUT2D eigenvalue weighted by Gasteiger charge is 2.31. The van der Waals surface area contributed by atoms with Gasteiger partial charge in [0, 0.05) is 43.1 Å². The molecule has 0 aliphatic heterocycles. The van der Waals surface area contributed by atoms with E-state index in [1.807, 2.05) is 27.7 Å². The second kappa shape index (κ2) is 16.5. The summed E-state index contributed by atoms with van der Waals surface area (Å²) in [4.78, 5) is 48.5. The minimum absolute atomic E-state index is 0.0367. The summed E-state index contributed by atoms with van der Waals surface area (Å²) in [5.41, 5.74) is 5.74. The highest BCUT2D eigenvalue weighted by atomic mass is 16.6. The monoisotopic (exact) mass is 644 g/mol. The maximum atomic E-state index is 13.2. The van der Waals surface area contributed by atoms with Crippen molar-refractivity contribution in [2.75, 3.05) is 37.9 Å². The molecule has 0 unspecified atom stereocenters. The molecule has 3 heterocycles. The number of rotatable bonds is 15. The first-order valence-corrected chi connectivity index (χ1v) is 15.5. The summed E-state index contributed by atoms with van der Waals surface area (Å²) < 4.78 is 23.3. The lowest BCUT2D eigenvalue weighted by Crippen LogP contribution is -2.38. The van der Waals surface area contributed by atoms with E-state index >= 15 is 0 Å². The number of aromatic nitrogens is 4. The van der Waals surface area contributed by atoms with E-state index in [2.05, 4.69) is 38.7 Å². The van der Waals surface area contributed by atoms with E-state index in [-0.39, 0.29) is 36.9 Å². The molecule has 0 aromatic carbocycles. The Hall–Kier alpha value is -4.98. The maximum Gasteiger partial charge on any atom is 0.416 e. The van der Waals surface area contributed by atoms with E-state index in [1.54, 1.807) is 24.5 Å². The molecule has 4 rings (SSSR count). The lowest BCUT2D eigenvalue weighted by Gasteiger charge is -2.27. The van der Waals surface area contributed by atoms with Crippen molar-refractivity contribution in [3.05, 3.63) is 47.7 Å². The molecule has 3 aromatic heterocycles. The van der Waals surface area contributed by atoms with Crippen LogP contribution in [0.5, 0.6) is 0 Å². The van der Waals surface area contributed by atoms with Gasteiger partial charge in [0.05, 0.1) is 13.2 Å². The number of ketones is 1. The van der Waals surface area contributed by atoms with Gasteiger partial charge in [-0.3, -0.25) is 19.2 Å². The molecule has 1 saturated carbocycles. The van der Waals surface area contributed by atoms with Gasteiger partial charge >= 0.3 is 6.09 Å². The van der Waals surface area contributed by atoms with Gasteiger partial charge < -0.3 is 24.4 Å². The van der Waals surface area contributed by atoms with Crippen LogP contribution in [-0.2, 0) is 27.2 Å². The standard InChI is InChI=1S/C34H40N6O7/c1-5-15-44-17-18-45-16-9-7-6-8-14-39-22-26(30(38-39)31(35)42)19-28(41)27-23-46-32(37-27)25-12-13-36-29(20-25)40(21-24-10-11-24)33(43)47-34(2,3)4/h12-13,20,22-24H,5,10-11,14-19,21H2,1-4H3,(H2,35,42). The molecule has 13 heteroatoms. The van der Waals surface area contributed by atoms with Crippen molar-refractivity contribution in [2.24, 2.45) is 11.7 Å². The first-order valence-electron chi connectivity index (χ1n) is 15.5. The van der Waals surface area contributed by atoms with E-state index in [0.717, 1.165) is 19.3 Å². The van der Waals surface area contributed by atoms with Crippen LogP contribution in [-0.4, -0.2) is 76.1 Å². The fourth-order valence-corrected chi connectivity index (χ4v) is 4.25. The summed E-state index contributed by atoms with van der Waals surface area (Å²) in [5.74, 6) is 10.8. The summed E-state index contributed by atoms with van der Waals surface area (Å²) in [7, 11) is 0. The van der Waals surface area contributed by atoms with Gasteiger partial charge in [0.25, 0.3) is 5.91 Å². The average molecular weight is 645 g/mol. The summed E-state index contributed by atoms with van der Waals surface area (Å²) in [5, 5.41) is 4.19. The number of ether oxygens (including phenoxy) is 3. The van der Waals surface area contributed by atoms with E-state index in [4.69, 9.17) is 24.4 Å². The molecule has 0 saturated heterocycles. The number of pyridine rings is 1. The van der Waals surface area contributed by atoms with Gasteiger partial charge in [0.15, 0.2) is 11.5 Å². The van der Waals surface area contributed by atoms with Crippen LogP contribution < -0.4 is 10.6 Å². The summed E-state index contributed by atoms with van der Waals surface area (Å²) in [6, 6.07) is 3.34. The lowest BCUT2D eigenvalue weighted by atomic mass is 10.1. The molecule has 248 valence electrons. The Morgan fingerprint density at radius 1 is 1.13 bits per heavy atom. The molecule has 13 nitrogen and oxygen atoms in total. The number of carbonyl (C=O) groups excluding carboxylic acids is 3. The number of nitrogens with two attached hydrogens (primary N) is 1. The number of oxazole rings is 1. The second-order valence-electron chi connectivity index (χ2n) is 11.9. The zero-order valence-electron chi connectivity index (χ0n) is 27.2. The molecule has 3 aromatic rings. The van der Waals surface area contributed by atoms with Crippen LogP contribution in [0.2, 0.25) is 0 Å². The van der Waals surface area contributed by atoms with Crippen molar-refractivity contribution in [3.63, 3.8) is 0 Å². The van der Waals surface area contributed by atoms with Crippen LogP contribution in [0.4, 0.5) is 10.6 Å². The Labute approximate surface area is 274 Å². The molecule has 1 aliphatic rings. The summed E-state index contributed by atoms with van der Waals surface area (Å²) in [6.07, 6.45) is 6.68. The number of nitrogens with zero attached hydrogens (tertiary/aromatic N) is 5. The molecule has 2 N–H and O–H groups in total. The third-order valence-corrected chi connectivity index (χ3v) is 6.61. The van der Waals surface area contributed by atoms with Crippen molar-refractivity contribution < 1.29 is 33.0 Å². The minimum atomic E-state index is -0.773. The zero-order valence-corrected chi connectivity index (χ0v) is 27.2. The predicted octanol–water partition coefficient (Wildman–Crippen LogP) is 4.06. The third-order valence-electron chi connectivity index (χ3n) is 6.61. The number of amides is 2. The van der Waals surface area contributed by atoms with Gasteiger partial charge in [-0.25, -0.2) is 14.8 Å². The van der Waals surface area contributed by atoms with Crippen molar-refractivity contribution in [3.8, 4) is 35.1 Å². The quantitative estimate of drug-likeness (QED) is 0.145. The number of primary amides is 1. The van der Waals surface area contributed by atoms with E-state index in [9.17, 15) is 14.4 Å². The smallest absolute Gasteiger partial charge is 0.416 e. The number of carbonyl (C=O) groups is 3. The Morgan fingerprint density at radius 2 is 1.89 bits per heavy atom. The van der Waals surface area contributed by atoms with Crippen LogP contribution in [0.25, 0.3) is 11.5 Å². The summed E-state index contributed by atoms with van der Waals surface area (Å²) >= 11 is 0. The fraction of sp³-hybridized carbons (Fsp3) is 0.471. The van der Waals surface area contributed by atoms with Gasteiger partial charge in [-0.1, -0.05) is 18.8 Å². The lowest BCUT2D eigenvalue weighted by molar-refractivity contribution is 0.0577. The molecule has 2 amide bonds. The highest BCUT2D eigenvalue weighted by molar-refractivity contribution is 5.99. The molecule has 1 fully saturated rings. The first kappa shape index (κ1) is 34.9. The second-order valence-corrected chi connectivity index (χ2v) is 11.9. The van der Waals surface area contributed by atoms with Gasteiger partial charge in [-0.15, -0.1) is 0 Å². The van der Waals surface area contributed by atoms with Crippen molar-refractivity contribution in [1.29, 1.82) is 0 Å². The minimum Gasteiger partial charge on any atom is -0.444 e. The van der Waals surface area contributed by atoms with Crippen LogP contribution >= 0.6 is 0 Å². The van der Waals surface area contributed by atoms with Gasteiger partial charge in [-0.05, 0) is 69.9 Å². The molecule has 0 bridgehead atoms. The topological polar surface area (TPSA) is 165 Å². The van der Waals surface area contributed by atoms with Crippen LogP contribution in [0.15, 0.2) is 35.2 Å².